The fourth-order valence-corrected chi connectivity index (χ4v) is 5.97. The molecule has 0 aliphatic carbocycles. The molecule has 2 aromatic heterocycles. The van der Waals surface area contributed by atoms with Gasteiger partial charge in [0.05, 0.1) is 36.0 Å². The molecule has 14 heteroatoms. The number of sulfonamides is 1. The molecule has 0 aliphatic heterocycles. The maximum absolute atomic E-state index is 13.6. The lowest BCUT2D eigenvalue weighted by Crippen LogP contribution is -2.33. The number of hydrogen-bond acceptors (Lipinski definition) is 10. The van der Waals surface area contributed by atoms with Gasteiger partial charge in [0.1, 0.15) is 16.2 Å². The number of alkyl carbamates (subject to hydrolysis) is 1. The summed E-state index contributed by atoms with van der Waals surface area (Å²) >= 11 is 0. The third-order valence-electron chi connectivity index (χ3n) is 6.89. The fourth-order valence-electron chi connectivity index (χ4n) is 4.77. The lowest BCUT2D eigenvalue weighted by Gasteiger charge is -2.19. The average molecular weight is 673 g/mol. The molecule has 5 rings (SSSR count). The van der Waals surface area contributed by atoms with Gasteiger partial charge in [0, 0.05) is 24.4 Å². The second-order valence-corrected chi connectivity index (χ2v) is 13.3. The molecule has 5 aromatic rings. The van der Waals surface area contributed by atoms with E-state index in [1.54, 1.807) is 87.5 Å². The predicted octanol–water partition coefficient (Wildman–Crippen LogP) is 5.13. The van der Waals surface area contributed by atoms with Crippen LogP contribution in [0, 0.1) is 0 Å². The van der Waals surface area contributed by atoms with Crippen LogP contribution in [-0.4, -0.2) is 54.9 Å². The number of nitrogen functional groups attached to an aromatic ring is 1. The van der Waals surface area contributed by atoms with Crippen molar-refractivity contribution in [3.8, 4) is 28.4 Å². The summed E-state index contributed by atoms with van der Waals surface area (Å²) in [6.07, 6.45) is 1.46. The minimum Gasteiger partial charge on any atom is -0.493 e. The summed E-state index contributed by atoms with van der Waals surface area (Å²) in [7, 11) is -2.88. The van der Waals surface area contributed by atoms with Crippen molar-refractivity contribution < 1.29 is 27.4 Å². The Labute approximate surface area is 277 Å². The van der Waals surface area contributed by atoms with Crippen molar-refractivity contribution in [2.24, 2.45) is 0 Å². The lowest BCUT2D eigenvalue weighted by atomic mass is 10.1. The van der Waals surface area contributed by atoms with E-state index in [4.69, 9.17) is 19.9 Å². The van der Waals surface area contributed by atoms with Crippen LogP contribution in [0.4, 0.5) is 16.4 Å². The van der Waals surface area contributed by atoms with E-state index < -0.39 is 21.7 Å². The number of carbonyl (C=O) groups is 1. The van der Waals surface area contributed by atoms with Crippen molar-refractivity contribution >= 4 is 38.7 Å². The van der Waals surface area contributed by atoms with E-state index in [1.165, 1.54) is 23.9 Å². The summed E-state index contributed by atoms with van der Waals surface area (Å²) in [5.41, 5.74) is 7.35. The van der Waals surface area contributed by atoms with E-state index in [1.807, 2.05) is 6.07 Å². The monoisotopic (exact) mass is 672 g/mol. The highest BCUT2D eigenvalue weighted by Crippen LogP contribution is 2.31. The van der Waals surface area contributed by atoms with Gasteiger partial charge in [-0.15, -0.1) is 0 Å². The Kier molecular flexibility index (Phi) is 9.84. The van der Waals surface area contributed by atoms with Crippen LogP contribution in [0.3, 0.4) is 0 Å². The van der Waals surface area contributed by atoms with E-state index in [-0.39, 0.29) is 34.6 Å². The smallest absolute Gasteiger partial charge is 0.407 e. The van der Waals surface area contributed by atoms with Crippen molar-refractivity contribution in [1.29, 1.82) is 0 Å². The number of methoxy groups -OCH3 is 1. The SMILES string of the molecule is COc1ncc(-c2ccc3nc(N)n(-c4ccccc4)c(=O)c3c2)cc1S(=O)(=O)Nc1cccc(OCCCNC(=O)OC(C)(C)C)c1. The zero-order chi connectivity index (χ0) is 34.5. The predicted molar refractivity (Wildman–Crippen MR) is 183 cm³/mol. The molecule has 0 fully saturated rings. The van der Waals surface area contributed by atoms with Crippen molar-refractivity contribution in [3.63, 3.8) is 0 Å². The highest BCUT2D eigenvalue weighted by atomic mass is 32.2. The minimum atomic E-state index is -4.21. The maximum atomic E-state index is 13.6. The Balaban J connectivity index is 1.35. The van der Waals surface area contributed by atoms with E-state index in [0.717, 1.165) is 0 Å². The average Bonchev–Trinajstić information content (AvgIpc) is 3.04. The van der Waals surface area contributed by atoms with Crippen LogP contribution in [0.2, 0.25) is 0 Å². The molecule has 0 unspecified atom stereocenters. The highest BCUT2D eigenvalue weighted by Gasteiger charge is 2.23. The summed E-state index contributed by atoms with van der Waals surface area (Å²) in [6, 6.07) is 21.8. The molecular formula is C34H36N6O7S. The number of anilines is 2. The molecule has 0 radical (unpaired) electrons. The molecule has 0 bridgehead atoms. The Morgan fingerprint density at radius 1 is 0.979 bits per heavy atom. The van der Waals surface area contributed by atoms with Crippen LogP contribution >= 0.6 is 0 Å². The van der Waals surface area contributed by atoms with Crippen LogP contribution in [-0.2, 0) is 14.8 Å². The van der Waals surface area contributed by atoms with Crippen LogP contribution in [0.5, 0.6) is 11.6 Å². The van der Waals surface area contributed by atoms with Gasteiger partial charge in [-0.3, -0.25) is 9.52 Å². The number of pyridine rings is 1. The van der Waals surface area contributed by atoms with E-state index in [9.17, 15) is 18.0 Å². The topological polar surface area (TPSA) is 177 Å². The van der Waals surface area contributed by atoms with E-state index in [2.05, 4.69) is 20.0 Å². The number of ether oxygens (including phenoxy) is 3. The number of nitrogens with zero attached hydrogens (tertiary/aromatic N) is 3. The third kappa shape index (κ3) is 8.01. The summed E-state index contributed by atoms with van der Waals surface area (Å²) in [5, 5.41) is 2.95. The van der Waals surface area contributed by atoms with Gasteiger partial charge in [-0.05, 0) is 75.2 Å². The largest absolute Gasteiger partial charge is 0.493 e. The van der Waals surface area contributed by atoms with Crippen molar-refractivity contribution in [2.75, 3.05) is 30.7 Å². The lowest BCUT2D eigenvalue weighted by molar-refractivity contribution is 0.0525. The molecule has 0 spiro atoms. The Morgan fingerprint density at radius 2 is 1.75 bits per heavy atom. The van der Waals surface area contributed by atoms with Gasteiger partial charge in [0.15, 0.2) is 0 Å². The van der Waals surface area contributed by atoms with Crippen molar-refractivity contribution in [3.05, 3.63) is 95.4 Å². The fraction of sp³-hybridized carbons (Fsp3) is 0.235. The first-order valence-electron chi connectivity index (χ1n) is 15.0. The molecule has 48 heavy (non-hydrogen) atoms. The third-order valence-corrected chi connectivity index (χ3v) is 8.26. The van der Waals surface area contributed by atoms with Gasteiger partial charge in [-0.2, -0.15) is 0 Å². The molecule has 4 N–H and O–H groups in total. The van der Waals surface area contributed by atoms with Gasteiger partial charge in [-0.1, -0.05) is 30.3 Å². The number of rotatable bonds is 11. The first-order valence-corrected chi connectivity index (χ1v) is 16.5. The van der Waals surface area contributed by atoms with Crippen molar-refractivity contribution in [1.82, 2.24) is 19.9 Å². The van der Waals surface area contributed by atoms with Gasteiger partial charge in [0.2, 0.25) is 11.8 Å². The highest BCUT2D eigenvalue weighted by molar-refractivity contribution is 7.92. The Hall–Kier alpha value is -5.63. The molecule has 0 atom stereocenters. The molecule has 0 saturated carbocycles. The minimum absolute atomic E-state index is 0.0432. The Morgan fingerprint density at radius 3 is 2.48 bits per heavy atom. The molecule has 2 heterocycles. The Bertz CT molecular complexity index is 2110. The number of aromatic nitrogens is 3. The number of nitrogens with one attached hydrogen (secondary N) is 2. The number of nitrogens with two attached hydrogens (primary N) is 1. The molecular weight excluding hydrogens is 636 g/mol. The standard InChI is InChI=1S/C34H36N6O7S/c1-34(2,3)47-33(42)36-16-9-17-46-26-13-8-10-24(20-26)39-48(43,44)29-19-23(21-37-30(29)45-4)22-14-15-28-27(18-22)31(41)40(32(35)38-28)25-11-6-5-7-12-25/h5-8,10-15,18-21,39H,9,16-17H2,1-4H3,(H2,35,38)(H,36,42). The zero-order valence-electron chi connectivity index (χ0n) is 26.9. The molecule has 3 aromatic carbocycles. The van der Waals surface area contributed by atoms with Gasteiger partial charge in [0.25, 0.3) is 15.6 Å². The molecule has 0 aliphatic rings. The second-order valence-electron chi connectivity index (χ2n) is 11.7. The summed E-state index contributed by atoms with van der Waals surface area (Å²) in [6.45, 7) is 5.97. The molecule has 13 nitrogen and oxygen atoms in total. The summed E-state index contributed by atoms with van der Waals surface area (Å²) in [5.74, 6) is 0.359. The molecule has 0 saturated heterocycles. The van der Waals surface area contributed by atoms with Crippen LogP contribution in [0.25, 0.3) is 27.7 Å². The number of fused-ring (bicyclic) bond motifs is 1. The van der Waals surface area contributed by atoms with Crippen LogP contribution in [0.15, 0.2) is 94.7 Å². The molecule has 1 amide bonds. The number of benzene rings is 3. The zero-order valence-corrected chi connectivity index (χ0v) is 27.7. The first kappa shape index (κ1) is 33.7. The first-order chi connectivity index (χ1) is 22.8. The van der Waals surface area contributed by atoms with E-state index >= 15 is 0 Å². The number of amides is 1. The number of para-hydroxylation sites is 1. The van der Waals surface area contributed by atoms with Crippen molar-refractivity contribution in [2.45, 2.75) is 37.7 Å². The number of hydrogen-bond donors (Lipinski definition) is 3. The maximum Gasteiger partial charge on any atom is 0.407 e. The summed E-state index contributed by atoms with van der Waals surface area (Å²) < 4.78 is 47.4. The quantitative estimate of drug-likeness (QED) is 0.159. The van der Waals surface area contributed by atoms with Crippen LogP contribution in [0.1, 0.15) is 27.2 Å². The van der Waals surface area contributed by atoms with E-state index in [0.29, 0.717) is 46.4 Å². The molecule has 250 valence electrons. The summed E-state index contributed by atoms with van der Waals surface area (Å²) in [4.78, 5) is 33.8. The second kappa shape index (κ2) is 14.0. The van der Waals surface area contributed by atoms with Crippen LogP contribution < -0.4 is 30.8 Å². The van der Waals surface area contributed by atoms with Gasteiger partial charge >= 0.3 is 6.09 Å². The van der Waals surface area contributed by atoms with Gasteiger partial charge < -0.3 is 25.3 Å². The normalized spacial score (nSPS) is 11.6. The number of carbonyl (C=O) groups excluding carboxylic acids is 1. The van der Waals surface area contributed by atoms with Gasteiger partial charge in [-0.25, -0.2) is 27.7 Å².